The smallest absolute Gasteiger partial charge is 0.391 e. The lowest BCUT2D eigenvalue weighted by Gasteiger charge is -2.27. The van der Waals surface area contributed by atoms with Crippen LogP contribution in [0.15, 0.2) is 36.4 Å². The molecule has 1 amide bonds. The van der Waals surface area contributed by atoms with Gasteiger partial charge in [0, 0.05) is 24.6 Å². The molecule has 0 unspecified atom stereocenters. The Hall–Kier alpha value is -2.93. The van der Waals surface area contributed by atoms with Gasteiger partial charge in [-0.05, 0) is 25.1 Å². The summed E-state index contributed by atoms with van der Waals surface area (Å²) < 4.78 is 12.2. The third-order valence-corrected chi connectivity index (χ3v) is 4.25. The molecule has 0 saturated carbocycles. The molecule has 3 aromatic rings. The molecule has 0 aliphatic carbocycles. The van der Waals surface area contributed by atoms with Crippen LogP contribution in [0.1, 0.15) is 11.3 Å². The Morgan fingerprint density at radius 2 is 2.08 bits per heavy atom. The predicted molar refractivity (Wildman–Crippen MR) is 91.9 cm³/mol. The Morgan fingerprint density at radius 1 is 1.28 bits per heavy atom. The van der Waals surface area contributed by atoms with E-state index in [9.17, 15) is 4.79 Å². The predicted octanol–water partition coefficient (Wildman–Crippen LogP) is 2.69. The zero-order valence-corrected chi connectivity index (χ0v) is 14.1. The van der Waals surface area contributed by atoms with Crippen molar-refractivity contribution in [1.29, 1.82) is 0 Å². The molecule has 1 aromatic carbocycles. The summed E-state index contributed by atoms with van der Waals surface area (Å²) in [5, 5.41) is 5.55. The number of para-hydroxylation sites is 1. The lowest BCUT2D eigenvalue weighted by Crippen LogP contribution is -2.39. The zero-order valence-electron chi connectivity index (χ0n) is 14.1. The number of ether oxygens (including phenoxy) is 2. The van der Waals surface area contributed by atoms with Crippen molar-refractivity contribution in [3.8, 4) is 11.6 Å². The molecule has 0 N–H and O–H groups in total. The summed E-state index contributed by atoms with van der Waals surface area (Å²) >= 11 is 0. The van der Waals surface area contributed by atoms with E-state index in [0.717, 1.165) is 22.3 Å². The van der Waals surface area contributed by atoms with Gasteiger partial charge < -0.3 is 14.4 Å². The largest absolute Gasteiger partial charge is 0.416 e. The minimum absolute atomic E-state index is 0.350. The number of rotatable bonds is 4. The molecule has 7 nitrogen and oxygen atoms in total. The first-order valence-electron chi connectivity index (χ1n) is 8.07. The van der Waals surface area contributed by atoms with E-state index in [2.05, 4.69) is 10.1 Å². The van der Waals surface area contributed by atoms with Gasteiger partial charge in [-0.1, -0.05) is 18.2 Å². The lowest BCUT2D eigenvalue weighted by atomic mass is 10.1. The van der Waals surface area contributed by atoms with Crippen LogP contribution in [0.2, 0.25) is 0 Å². The van der Waals surface area contributed by atoms with Crippen molar-refractivity contribution in [2.75, 3.05) is 20.3 Å². The van der Waals surface area contributed by atoms with E-state index in [0.29, 0.717) is 31.2 Å². The molecular weight excluding hydrogens is 320 g/mol. The Bertz CT molecular complexity index is 936. The number of nitrogens with zero attached hydrogens (tertiary/aromatic N) is 4. The number of fused-ring (bicyclic) bond motifs is 2. The Balaban J connectivity index is 1.78. The fraction of sp³-hybridized carbons (Fsp3) is 0.278. The van der Waals surface area contributed by atoms with E-state index >= 15 is 0 Å². The molecule has 7 heteroatoms. The highest BCUT2D eigenvalue weighted by Crippen LogP contribution is 2.30. The normalized spacial score (nSPS) is 13.8. The van der Waals surface area contributed by atoms with Crippen molar-refractivity contribution in [3.05, 3.63) is 47.7 Å². The molecule has 4 rings (SSSR count). The second-order valence-electron chi connectivity index (χ2n) is 5.94. The third kappa shape index (κ3) is 2.72. The van der Waals surface area contributed by atoms with Crippen molar-refractivity contribution < 1.29 is 14.3 Å². The summed E-state index contributed by atoms with van der Waals surface area (Å²) in [6, 6.07) is 11.8. The summed E-state index contributed by atoms with van der Waals surface area (Å²) in [4.78, 5) is 18.3. The molecule has 0 radical (unpaired) electrons. The Kier molecular flexibility index (Phi) is 3.85. The molecule has 0 bridgehead atoms. The number of aromatic nitrogens is 3. The molecule has 25 heavy (non-hydrogen) atoms. The van der Waals surface area contributed by atoms with E-state index in [1.165, 1.54) is 0 Å². The van der Waals surface area contributed by atoms with Crippen LogP contribution in [0.5, 0.6) is 5.88 Å². The van der Waals surface area contributed by atoms with Crippen LogP contribution in [0.4, 0.5) is 4.79 Å². The molecule has 1 aliphatic rings. The Labute approximate surface area is 144 Å². The minimum Gasteiger partial charge on any atom is -0.391 e. The van der Waals surface area contributed by atoms with Crippen LogP contribution >= 0.6 is 0 Å². The van der Waals surface area contributed by atoms with Crippen molar-refractivity contribution >= 4 is 17.1 Å². The molecule has 0 spiro atoms. The monoisotopic (exact) mass is 338 g/mol. The summed E-state index contributed by atoms with van der Waals surface area (Å²) in [7, 11) is 1.61. The number of carbonyl (C=O) groups excluding carboxylic acids is 1. The standard InChI is InChI=1S/C18H18N4O3/c1-12-15-10-13-11-21(8-9-24-2)18(23)25-17(13)19-16(15)22(20-12)14-6-4-3-5-7-14/h3-7,10H,8-9,11H2,1-2H3. The number of amides is 1. The maximum Gasteiger partial charge on any atom is 0.416 e. The van der Waals surface area contributed by atoms with Gasteiger partial charge in [-0.3, -0.25) is 0 Å². The molecule has 0 fully saturated rings. The van der Waals surface area contributed by atoms with Gasteiger partial charge in [-0.2, -0.15) is 10.1 Å². The minimum atomic E-state index is -0.404. The van der Waals surface area contributed by atoms with Gasteiger partial charge in [0.05, 0.1) is 24.5 Å². The van der Waals surface area contributed by atoms with Gasteiger partial charge in [0.1, 0.15) is 0 Å². The van der Waals surface area contributed by atoms with E-state index < -0.39 is 6.09 Å². The summed E-state index contributed by atoms with van der Waals surface area (Å²) in [6.45, 7) is 3.35. The summed E-state index contributed by atoms with van der Waals surface area (Å²) in [6.07, 6.45) is -0.404. The van der Waals surface area contributed by atoms with Crippen LogP contribution in [0, 0.1) is 6.92 Å². The fourth-order valence-corrected chi connectivity index (χ4v) is 2.95. The van der Waals surface area contributed by atoms with Crippen molar-refractivity contribution in [2.45, 2.75) is 13.5 Å². The molecule has 0 atom stereocenters. The quantitative estimate of drug-likeness (QED) is 0.731. The maximum atomic E-state index is 12.1. The van der Waals surface area contributed by atoms with Gasteiger partial charge in [-0.15, -0.1) is 0 Å². The highest BCUT2D eigenvalue weighted by atomic mass is 16.6. The van der Waals surface area contributed by atoms with Crippen molar-refractivity contribution in [2.24, 2.45) is 0 Å². The average Bonchev–Trinajstić information content (AvgIpc) is 2.95. The van der Waals surface area contributed by atoms with E-state index in [-0.39, 0.29) is 0 Å². The molecule has 1 aliphatic heterocycles. The zero-order chi connectivity index (χ0) is 17.4. The first-order chi connectivity index (χ1) is 12.2. The third-order valence-electron chi connectivity index (χ3n) is 4.25. The Morgan fingerprint density at radius 3 is 2.84 bits per heavy atom. The van der Waals surface area contributed by atoms with Gasteiger partial charge in [0.25, 0.3) is 0 Å². The van der Waals surface area contributed by atoms with Crippen molar-refractivity contribution in [3.63, 3.8) is 0 Å². The highest BCUT2D eigenvalue weighted by molar-refractivity contribution is 5.83. The summed E-state index contributed by atoms with van der Waals surface area (Å²) in [5.41, 5.74) is 3.35. The number of methoxy groups -OCH3 is 1. The van der Waals surface area contributed by atoms with Crippen molar-refractivity contribution in [1.82, 2.24) is 19.7 Å². The summed E-state index contributed by atoms with van der Waals surface area (Å²) in [5.74, 6) is 0.350. The van der Waals surface area contributed by atoms with E-state index in [1.807, 2.05) is 43.3 Å². The number of aryl methyl sites for hydroxylation is 1. The molecule has 128 valence electrons. The number of pyridine rings is 1. The van der Waals surface area contributed by atoms with Gasteiger partial charge in [0.15, 0.2) is 5.65 Å². The van der Waals surface area contributed by atoms with E-state index in [4.69, 9.17) is 9.47 Å². The second-order valence-corrected chi connectivity index (χ2v) is 5.94. The first kappa shape index (κ1) is 15.6. The highest BCUT2D eigenvalue weighted by Gasteiger charge is 2.27. The SMILES string of the molecule is COCCN1Cc2cc3c(C)nn(-c4ccccc4)c3nc2OC1=O. The van der Waals surface area contributed by atoms with Gasteiger partial charge >= 0.3 is 6.09 Å². The molecule has 2 aromatic heterocycles. The maximum absolute atomic E-state index is 12.1. The number of carbonyl (C=O) groups is 1. The number of hydrogen-bond acceptors (Lipinski definition) is 5. The van der Waals surface area contributed by atoms with E-state index in [1.54, 1.807) is 16.7 Å². The first-order valence-corrected chi connectivity index (χ1v) is 8.07. The number of hydrogen-bond donors (Lipinski definition) is 0. The fourth-order valence-electron chi connectivity index (χ4n) is 2.95. The lowest BCUT2D eigenvalue weighted by molar-refractivity contribution is 0.110. The van der Waals surface area contributed by atoms with Gasteiger partial charge in [0.2, 0.25) is 5.88 Å². The van der Waals surface area contributed by atoms with Crippen LogP contribution in [-0.2, 0) is 11.3 Å². The van der Waals surface area contributed by atoms with Crippen LogP contribution in [0.25, 0.3) is 16.7 Å². The molecule has 3 heterocycles. The molecular formula is C18H18N4O3. The van der Waals surface area contributed by atoms with Crippen LogP contribution in [0.3, 0.4) is 0 Å². The average molecular weight is 338 g/mol. The van der Waals surface area contributed by atoms with Gasteiger partial charge in [-0.25, -0.2) is 9.48 Å². The van der Waals surface area contributed by atoms with Crippen LogP contribution < -0.4 is 4.74 Å². The number of benzene rings is 1. The topological polar surface area (TPSA) is 69.5 Å². The van der Waals surface area contributed by atoms with Crippen LogP contribution in [-0.4, -0.2) is 46.0 Å². The second kappa shape index (κ2) is 6.18. The molecule has 0 saturated heterocycles.